The van der Waals surface area contributed by atoms with Crippen LogP contribution in [0.1, 0.15) is 0 Å². The number of aromatic nitrogens is 2. The van der Waals surface area contributed by atoms with E-state index in [1.165, 1.54) is 15.7 Å². The fourth-order valence-electron chi connectivity index (χ4n) is 1.96. The van der Waals surface area contributed by atoms with Gasteiger partial charge in [-0.1, -0.05) is 0 Å². The van der Waals surface area contributed by atoms with Gasteiger partial charge in [-0.3, -0.25) is 0 Å². The third-order valence-corrected chi connectivity index (χ3v) is 4.66. The summed E-state index contributed by atoms with van der Waals surface area (Å²) in [6.07, 6.45) is 4.20. The fourth-order valence-corrected chi connectivity index (χ4v) is 3.81. The Morgan fingerprint density at radius 3 is 1.47 bits per heavy atom. The number of hydrogen-bond donors (Lipinski definition) is 0. The predicted octanol–water partition coefficient (Wildman–Crippen LogP) is 4.23. The second-order valence-electron chi connectivity index (χ2n) is 4.00. The molecule has 3 rings (SSSR count). The zero-order valence-electron chi connectivity index (χ0n) is 10.0. The molecule has 1 heterocycles. The average molecular weight is 411 g/mol. The van der Waals surface area contributed by atoms with Gasteiger partial charge in [-0.05, 0) is 0 Å². The van der Waals surface area contributed by atoms with Gasteiger partial charge in [0, 0.05) is 0 Å². The van der Waals surface area contributed by atoms with Gasteiger partial charge in [-0.15, -0.1) is 0 Å². The Bertz CT molecular complexity index is 670. The summed E-state index contributed by atoms with van der Waals surface area (Å²) < 4.78 is 5.56. The van der Waals surface area contributed by atoms with Crippen molar-refractivity contribution in [2.45, 2.75) is 0 Å². The molecule has 100 valence electrons. The van der Waals surface area contributed by atoms with Crippen molar-refractivity contribution >= 4 is 20.3 Å². The molecule has 0 spiro atoms. The Morgan fingerprint density at radius 1 is 0.684 bits per heavy atom. The van der Waals surface area contributed by atoms with Crippen molar-refractivity contribution in [1.29, 1.82) is 0 Å². The molecule has 0 radical (unpaired) electrons. The Morgan fingerprint density at radius 2 is 1.11 bits per heavy atom. The van der Waals surface area contributed by atoms with Crippen LogP contribution in [0, 0.1) is 4.32 Å². The van der Waals surface area contributed by atoms with Crippen molar-refractivity contribution < 1.29 is 11.3 Å². The van der Waals surface area contributed by atoms with Crippen LogP contribution in [-0.2, 0) is 11.3 Å². The van der Waals surface area contributed by atoms with Crippen LogP contribution >= 0.6 is 20.3 Å². The van der Waals surface area contributed by atoms with E-state index in [0.717, 1.165) is 0 Å². The first-order valence-electron chi connectivity index (χ1n) is 5.83. The first-order chi connectivity index (χ1) is 9.40. The molecule has 0 unspecified atom stereocenters. The molecule has 0 bridgehead atoms. The predicted molar refractivity (Wildman–Crippen MR) is 82.4 cm³/mol. The van der Waals surface area contributed by atoms with E-state index in [0.29, 0.717) is 0 Å². The number of imidazole rings is 1. The summed E-state index contributed by atoms with van der Waals surface area (Å²) in [5.41, 5.74) is 2.35. The second kappa shape index (κ2) is 5.90. The van der Waals surface area contributed by atoms with Crippen LogP contribution in [0.3, 0.4) is 0 Å². The number of hydrogen-bond acceptors (Lipinski definition) is 0. The SMILES string of the molecule is [I][Cu]=[c]1n(-c2ccccc2)ccn1-c1ccccc1. The molecular weight excluding hydrogens is 399 g/mol. The van der Waals surface area contributed by atoms with Crippen molar-refractivity contribution in [2.75, 3.05) is 0 Å². The van der Waals surface area contributed by atoms with Gasteiger partial charge in [0.25, 0.3) is 0 Å². The third-order valence-electron chi connectivity index (χ3n) is 2.85. The van der Waals surface area contributed by atoms with Crippen molar-refractivity contribution in [3.63, 3.8) is 0 Å². The molecule has 0 amide bonds. The van der Waals surface area contributed by atoms with E-state index in [2.05, 4.69) is 90.4 Å². The zero-order chi connectivity index (χ0) is 13.1. The average Bonchev–Trinajstić information content (AvgIpc) is 2.93. The van der Waals surface area contributed by atoms with Crippen LogP contribution < -0.4 is 0 Å². The Kier molecular flexibility index (Phi) is 4.01. The van der Waals surface area contributed by atoms with Crippen molar-refractivity contribution in [1.82, 2.24) is 9.13 Å². The van der Waals surface area contributed by atoms with Gasteiger partial charge in [0.05, 0.1) is 0 Å². The molecule has 0 aliphatic heterocycles. The first kappa shape index (κ1) is 12.9. The number of nitrogens with zero attached hydrogens (tertiary/aromatic N) is 2. The summed E-state index contributed by atoms with van der Waals surface area (Å²) in [6, 6.07) is 20.8. The Hall–Kier alpha value is -1.10. The van der Waals surface area contributed by atoms with E-state index in [1.54, 1.807) is 0 Å². The molecule has 4 heteroatoms. The number of benzene rings is 2. The van der Waals surface area contributed by atoms with Crippen molar-refractivity contribution in [3.8, 4) is 11.4 Å². The fraction of sp³-hybridized carbons (Fsp3) is 0. The summed E-state index contributed by atoms with van der Waals surface area (Å²) in [5, 5.41) is 0. The van der Waals surface area contributed by atoms with Gasteiger partial charge in [0.15, 0.2) is 0 Å². The standard InChI is InChI=1S/C15H12N2.Cu.HI/c1-3-7-14(8-4-1)16-11-12-17(13-16)15-9-5-2-6-10-15;;/h1-12H;;1H/q;+1;/p-1. The van der Waals surface area contributed by atoms with Gasteiger partial charge in [0.2, 0.25) is 0 Å². The van der Waals surface area contributed by atoms with E-state index in [4.69, 9.17) is 0 Å². The van der Waals surface area contributed by atoms with Gasteiger partial charge in [0.1, 0.15) is 0 Å². The first-order valence-corrected chi connectivity index (χ1v) is 9.34. The quantitative estimate of drug-likeness (QED) is 0.442. The zero-order valence-corrected chi connectivity index (χ0v) is 13.1. The van der Waals surface area contributed by atoms with Gasteiger partial charge in [-0.25, -0.2) is 0 Å². The summed E-state index contributed by atoms with van der Waals surface area (Å²) in [7, 11) is 0. The molecule has 2 aromatic carbocycles. The molecule has 1 aromatic heterocycles. The monoisotopic (exact) mass is 410 g/mol. The molecular formula is C15H12CuIN2. The minimum atomic E-state index is 1.17. The number of halogens is 1. The molecule has 19 heavy (non-hydrogen) atoms. The summed E-state index contributed by atoms with van der Waals surface area (Å²) >= 11 is 4.13. The third kappa shape index (κ3) is 2.61. The van der Waals surface area contributed by atoms with Crippen LogP contribution in [0.25, 0.3) is 11.4 Å². The molecule has 0 aliphatic rings. The maximum atomic E-state index is 2.32. The van der Waals surface area contributed by atoms with E-state index in [-0.39, 0.29) is 0 Å². The van der Waals surface area contributed by atoms with E-state index < -0.39 is 0 Å². The van der Waals surface area contributed by atoms with Gasteiger partial charge < -0.3 is 0 Å². The van der Waals surface area contributed by atoms with E-state index in [1.807, 2.05) is 23.4 Å². The molecule has 0 saturated carbocycles. The van der Waals surface area contributed by atoms with Crippen LogP contribution in [0.2, 0.25) is 0 Å². The Labute approximate surface area is 129 Å². The van der Waals surface area contributed by atoms with Crippen LogP contribution in [0.15, 0.2) is 73.1 Å². The summed E-state index contributed by atoms with van der Waals surface area (Å²) in [5.74, 6) is 0. The molecule has 0 atom stereocenters. The van der Waals surface area contributed by atoms with Gasteiger partial charge in [-0.2, -0.15) is 0 Å². The summed E-state index contributed by atoms with van der Waals surface area (Å²) in [4.78, 5) is 0. The molecule has 0 saturated heterocycles. The summed E-state index contributed by atoms with van der Waals surface area (Å²) in [6.45, 7) is 0. The van der Waals surface area contributed by atoms with Crippen molar-refractivity contribution in [2.24, 2.45) is 0 Å². The number of rotatable bonds is 2. The van der Waals surface area contributed by atoms with Crippen LogP contribution in [-0.4, -0.2) is 9.13 Å². The topological polar surface area (TPSA) is 9.86 Å². The molecule has 0 aliphatic carbocycles. The van der Waals surface area contributed by atoms with E-state index >= 15 is 0 Å². The maximum absolute atomic E-state index is 2.32. The van der Waals surface area contributed by atoms with Crippen molar-refractivity contribution in [3.05, 3.63) is 77.4 Å². The molecule has 0 fully saturated rings. The molecule has 0 N–H and O–H groups in total. The van der Waals surface area contributed by atoms with E-state index in [9.17, 15) is 0 Å². The number of para-hydroxylation sites is 2. The minimum absolute atomic E-state index is 1.17. The van der Waals surface area contributed by atoms with Gasteiger partial charge >= 0.3 is 130 Å². The Balaban J connectivity index is 2.19. The molecule has 3 aromatic rings. The van der Waals surface area contributed by atoms with Crippen LogP contribution in [0.4, 0.5) is 0 Å². The second-order valence-corrected chi connectivity index (χ2v) is 5.94. The normalized spacial score (nSPS) is 10.8. The van der Waals surface area contributed by atoms with Crippen LogP contribution in [0.5, 0.6) is 0 Å². The molecule has 2 nitrogen and oxygen atoms in total.